The maximum absolute atomic E-state index is 3.70. The van der Waals surface area contributed by atoms with Crippen molar-refractivity contribution in [3.05, 3.63) is 114 Å². The van der Waals surface area contributed by atoms with Gasteiger partial charge in [-0.25, -0.2) is 0 Å². The highest BCUT2D eigenvalue weighted by atomic mass is 14.9. The van der Waals surface area contributed by atoms with Crippen molar-refractivity contribution in [3.63, 3.8) is 0 Å². The topological polar surface area (TPSA) is 24.1 Å². The zero-order valence-electron chi connectivity index (χ0n) is 17.9. The number of fused-ring (bicyclic) bond motifs is 2. The Bertz CT molecular complexity index is 1290. The first-order valence-corrected chi connectivity index (χ1v) is 10.8. The molecule has 0 heterocycles. The Labute approximate surface area is 183 Å². The van der Waals surface area contributed by atoms with E-state index in [1.54, 1.807) is 0 Å². The fourth-order valence-corrected chi connectivity index (χ4v) is 4.19. The average molecular weight is 403 g/mol. The third-order valence-corrected chi connectivity index (χ3v) is 5.88. The molecule has 5 rings (SSSR count). The van der Waals surface area contributed by atoms with Gasteiger partial charge in [-0.2, -0.15) is 0 Å². The summed E-state index contributed by atoms with van der Waals surface area (Å²) in [7, 11) is 0. The molecule has 0 saturated heterocycles. The minimum absolute atomic E-state index is 0.773. The predicted octanol–water partition coefficient (Wildman–Crippen LogP) is 7.97. The standard InChI is InChI=1S/C29H26N2/c1-20-11-15-22(16-12-20)30-19-28-24-7-3-5-9-26(24)29(27-10-6-4-8-25(27)28)31-23-17-13-21(2)14-18-23/h3-18,30-31H,19H2,1-2H3. The summed E-state index contributed by atoms with van der Waals surface area (Å²) in [4.78, 5) is 0. The molecule has 0 radical (unpaired) electrons. The molecular formula is C29H26N2. The van der Waals surface area contributed by atoms with Crippen LogP contribution in [0.3, 0.4) is 0 Å². The smallest absolute Gasteiger partial charge is 0.0543 e. The van der Waals surface area contributed by atoms with Crippen LogP contribution in [0.5, 0.6) is 0 Å². The highest BCUT2D eigenvalue weighted by Gasteiger charge is 2.13. The second-order valence-electron chi connectivity index (χ2n) is 8.16. The number of hydrogen-bond acceptors (Lipinski definition) is 2. The van der Waals surface area contributed by atoms with E-state index in [0.717, 1.165) is 23.6 Å². The van der Waals surface area contributed by atoms with Crippen LogP contribution in [0.15, 0.2) is 97.1 Å². The van der Waals surface area contributed by atoms with Crippen LogP contribution in [0.4, 0.5) is 17.1 Å². The number of hydrogen-bond donors (Lipinski definition) is 2. The van der Waals surface area contributed by atoms with Gasteiger partial charge in [0, 0.05) is 28.7 Å². The van der Waals surface area contributed by atoms with E-state index in [4.69, 9.17) is 0 Å². The van der Waals surface area contributed by atoms with Crippen LogP contribution >= 0.6 is 0 Å². The molecule has 0 saturated carbocycles. The quantitative estimate of drug-likeness (QED) is 0.291. The van der Waals surface area contributed by atoms with Gasteiger partial charge in [0.15, 0.2) is 0 Å². The van der Waals surface area contributed by atoms with E-state index in [1.165, 1.54) is 38.2 Å². The van der Waals surface area contributed by atoms with Gasteiger partial charge < -0.3 is 10.6 Å². The minimum Gasteiger partial charge on any atom is -0.381 e. The van der Waals surface area contributed by atoms with Gasteiger partial charge in [-0.3, -0.25) is 0 Å². The van der Waals surface area contributed by atoms with Crippen LogP contribution in [0.2, 0.25) is 0 Å². The largest absolute Gasteiger partial charge is 0.381 e. The molecule has 0 bridgehead atoms. The number of anilines is 3. The maximum Gasteiger partial charge on any atom is 0.0543 e. The van der Waals surface area contributed by atoms with Gasteiger partial charge in [-0.15, -0.1) is 0 Å². The number of aryl methyl sites for hydroxylation is 2. The molecule has 0 unspecified atom stereocenters. The van der Waals surface area contributed by atoms with Crippen molar-refractivity contribution in [2.75, 3.05) is 10.6 Å². The zero-order valence-corrected chi connectivity index (χ0v) is 17.9. The summed E-state index contributed by atoms with van der Waals surface area (Å²) < 4.78 is 0. The third kappa shape index (κ3) is 3.85. The summed E-state index contributed by atoms with van der Waals surface area (Å²) in [6, 6.07) is 34.5. The van der Waals surface area contributed by atoms with E-state index in [2.05, 4.69) is 122 Å². The normalized spacial score (nSPS) is 11.0. The summed E-state index contributed by atoms with van der Waals surface area (Å²) in [6.45, 7) is 5.00. The van der Waals surface area contributed by atoms with Crippen molar-refractivity contribution in [3.8, 4) is 0 Å². The van der Waals surface area contributed by atoms with Gasteiger partial charge >= 0.3 is 0 Å². The molecular weight excluding hydrogens is 376 g/mol. The zero-order chi connectivity index (χ0) is 21.2. The molecule has 2 nitrogen and oxygen atoms in total. The Morgan fingerprint density at radius 1 is 0.516 bits per heavy atom. The van der Waals surface area contributed by atoms with Crippen molar-refractivity contribution < 1.29 is 0 Å². The summed E-state index contributed by atoms with van der Waals surface area (Å²) in [5.41, 5.74) is 7.26. The third-order valence-electron chi connectivity index (χ3n) is 5.88. The lowest BCUT2D eigenvalue weighted by Crippen LogP contribution is -2.03. The van der Waals surface area contributed by atoms with Crippen LogP contribution in [0.1, 0.15) is 16.7 Å². The van der Waals surface area contributed by atoms with Gasteiger partial charge in [0.25, 0.3) is 0 Å². The summed E-state index contributed by atoms with van der Waals surface area (Å²) in [5, 5.41) is 12.4. The molecule has 2 heteroatoms. The first-order valence-electron chi connectivity index (χ1n) is 10.8. The maximum atomic E-state index is 3.70. The number of rotatable bonds is 5. The van der Waals surface area contributed by atoms with Crippen molar-refractivity contribution in [2.24, 2.45) is 0 Å². The molecule has 0 amide bonds. The Hall–Kier alpha value is -3.78. The Morgan fingerprint density at radius 2 is 0.968 bits per heavy atom. The Morgan fingerprint density at radius 3 is 1.48 bits per heavy atom. The van der Waals surface area contributed by atoms with E-state index in [9.17, 15) is 0 Å². The average Bonchev–Trinajstić information content (AvgIpc) is 2.81. The van der Waals surface area contributed by atoms with Gasteiger partial charge in [0.05, 0.1) is 5.69 Å². The van der Waals surface area contributed by atoms with Gasteiger partial charge in [0.2, 0.25) is 0 Å². The van der Waals surface area contributed by atoms with Crippen molar-refractivity contribution >= 4 is 38.6 Å². The lowest BCUT2D eigenvalue weighted by atomic mass is 9.94. The molecule has 0 aliphatic rings. The van der Waals surface area contributed by atoms with Crippen molar-refractivity contribution in [1.29, 1.82) is 0 Å². The van der Waals surface area contributed by atoms with Crippen molar-refractivity contribution in [1.82, 2.24) is 0 Å². The molecule has 0 spiro atoms. The van der Waals surface area contributed by atoms with Crippen LogP contribution < -0.4 is 10.6 Å². The first-order chi connectivity index (χ1) is 15.2. The fourth-order valence-electron chi connectivity index (χ4n) is 4.19. The fraction of sp³-hybridized carbons (Fsp3) is 0.103. The van der Waals surface area contributed by atoms with Crippen LogP contribution in [0, 0.1) is 13.8 Å². The second kappa shape index (κ2) is 8.16. The molecule has 5 aromatic carbocycles. The molecule has 5 aromatic rings. The van der Waals surface area contributed by atoms with Gasteiger partial charge in [0.1, 0.15) is 0 Å². The molecule has 2 N–H and O–H groups in total. The van der Waals surface area contributed by atoms with E-state index in [0.29, 0.717) is 0 Å². The van der Waals surface area contributed by atoms with E-state index in [1.807, 2.05) is 0 Å². The second-order valence-corrected chi connectivity index (χ2v) is 8.16. The monoisotopic (exact) mass is 402 g/mol. The molecule has 0 atom stereocenters. The summed E-state index contributed by atoms with van der Waals surface area (Å²) in [6.07, 6.45) is 0. The molecule has 0 fully saturated rings. The Kier molecular flexibility index (Phi) is 5.05. The summed E-state index contributed by atoms with van der Waals surface area (Å²) in [5.74, 6) is 0. The molecule has 0 aliphatic carbocycles. The SMILES string of the molecule is Cc1ccc(NCc2c3ccccc3c(Nc3ccc(C)cc3)c3ccccc23)cc1. The molecule has 31 heavy (non-hydrogen) atoms. The minimum atomic E-state index is 0.773. The van der Waals surface area contributed by atoms with E-state index >= 15 is 0 Å². The van der Waals surface area contributed by atoms with Gasteiger partial charge in [-0.05, 0) is 54.4 Å². The lowest BCUT2D eigenvalue weighted by molar-refractivity contribution is 1.18. The van der Waals surface area contributed by atoms with Crippen molar-refractivity contribution in [2.45, 2.75) is 20.4 Å². The first kappa shape index (κ1) is 19.2. The van der Waals surface area contributed by atoms with Crippen LogP contribution in [-0.2, 0) is 6.54 Å². The van der Waals surface area contributed by atoms with Gasteiger partial charge in [-0.1, -0.05) is 83.9 Å². The number of benzene rings is 5. The van der Waals surface area contributed by atoms with Crippen LogP contribution in [-0.4, -0.2) is 0 Å². The highest BCUT2D eigenvalue weighted by molar-refractivity contribution is 6.14. The molecule has 0 aromatic heterocycles. The predicted molar refractivity (Wildman–Crippen MR) is 134 cm³/mol. The van der Waals surface area contributed by atoms with E-state index < -0.39 is 0 Å². The molecule has 0 aliphatic heterocycles. The van der Waals surface area contributed by atoms with E-state index in [-0.39, 0.29) is 0 Å². The lowest BCUT2D eigenvalue weighted by Gasteiger charge is -2.19. The molecule has 152 valence electrons. The Balaban J connectivity index is 1.64. The van der Waals surface area contributed by atoms with Crippen LogP contribution in [0.25, 0.3) is 21.5 Å². The number of nitrogens with one attached hydrogen (secondary N) is 2. The highest BCUT2D eigenvalue weighted by Crippen LogP contribution is 2.38. The summed E-state index contributed by atoms with van der Waals surface area (Å²) >= 11 is 0.